The van der Waals surface area contributed by atoms with Crippen molar-refractivity contribution in [2.45, 2.75) is 18.9 Å². The SMILES string of the molecule is Cn1c(NCC2CCC(=O)N2)nc2ccccc21. The number of aromatic nitrogens is 2. The maximum atomic E-state index is 11.1. The van der Waals surface area contributed by atoms with E-state index in [1.807, 2.05) is 35.9 Å². The van der Waals surface area contributed by atoms with Crippen molar-refractivity contribution in [3.05, 3.63) is 24.3 Å². The number of rotatable bonds is 3. The van der Waals surface area contributed by atoms with Gasteiger partial charge in [0.25, 0.3) is 0 Å². The van der Waals surface area contributed by atoms with Crippen molar-refractivity contribution in [3.8, 4) is 0 Å². The van der Waals surface area contributed by atoms with Crippen LogP contribution >= 0.6 is 0 Å². The van der Waals surface area contributed by atoms with E-state index >= 15 is 0 Å². The number of imidazole rings is 1. The smallest absolute Gasteiger partial charge is 0.220 e. The maximum absolute atomic E-state index is 11.1. The lowest BCUT2D eigenvalue weighted by atomic mass is 10.2. The zero-order valence-corrected chi connectivity index (χ0v) is 10.3. The van der Waals surface area contributed by atoms with Gasteiger partial charge in [-0.1, -0.05) is 12.1 Å². The molecule has 94 valence electrons. The van der Waals surface area contributed by atoms with Crippen molar-refractivity contribution in [1.29, 1.82) is 0 Å². The van der Waals surface area contributed by atoms with Crippen LogP contribution in [0.4, 0.5) is 5.95 Å². The zero-order chi connectivity index (χ0) is 12.5. The van der Waals surface area contributed by atoms with Gasteiger partial charge < -0.3 is 15.2 Å². The summed E-state index contributed by atoms with van der Waals surface area (Å²) in [5.74, 6) is 0.990. The van der Waals surface area contributed by atoms with Crippen LogP contribution in [0.15, 0.2) is 24.3 Å². The second-order valence-corrected chi connectivity index (χ2v) is 4.67. The fraction of sp³-hybridized carbons (Fsp3) is 0.385. The average molecular weight is 244 g/mol. The van der Waals surface area contributed by atoms with Crippen molar-refractivity contribution < 1.29 is 4.79 Å². The van der Waals surface area contributed by atoms with E-state index in [0.717, 1.165) is 29.9 Å². The standard InChI is InChI=1S/C13H16N4O/c1-17-11-5-3-2-4-10(11)16-13(17)14-8-9-6-7-12(18)15-9/h2-5,9H,6-8H2,1H3,(H,14,16)(H,15,18). The normalized spacial score (nSPS) is 19.2. The van der Waals surface area contributed by atoms with E-state index in [1.54, 1.807) is 0 Å². The predicted octanol–water partition coefficient (Wildman–Crippen LogP) is 1.26. The van der Waals surface area contributed by atoms with Crippen LogP contribution < -0.4 is 10.6 Å². The molecular formula is C13H16N4O. The number of anilines is 1. The fourth-order valence-electron chi connectivity index (χ4n) is 2.35. The van der Waals surface area contributed by atoms with E-state index in [9.17, 15) is 4.79 Å². The predicted molar refractivity (Wildman–Crippen MR) is 70.4 cm³/mol. The number of para-hydroxylation sites is 2. The van der Waals surface area contributed by atoms with E-state index < -0.39 is 0 Å². The van der Waals surface area contributed by atoms with Crippen molar-refractivity contribution in [2.75, 3.05) is 11.9 Å². The van der Waals surface area contributed by atoms with Crippen LogP contribution in [0.2, 0.25) is 0 Å². The Morgan fingerprint density at radius 2 is 2.33 bits per heavy atom. The second-order valence-electron chi connectivity index (χ2n) is 4.67. The Kier molecular flexibility index (Phi) is 2.66. The van der Waals surface area contributed by atoms with Crippen LogP contribution in [0.3, 0.4) is 0 Å². The van der Waals surface area contributed by atoms with Crippen LogP contribution in [0.1, 0.15) is 12.8 Å². The summed E-state index contributed by atoms with van der Waals surface area (Å²) in [5, 5.41) is 6.24. The first-order valence-corrected chi connectivity index (χ1v) is 6.19. The minimum atomic E-state index is 0.145. The van der Waals surface area contributed by atoms with Crippen LogP contribution in [-0.4, -0.2) is 28.0 Å². The highest BCUT2D eigenvalue weighted by molar-refractivity contribution is 5.79. The highest BCUT2D eigenvalue weighted by atomic mass is 16.1. The monoisotopic (exact) mass is 244 g/mol. The molecule has 1 aromatic carbocycles. The molecule has 0 bridgehead atoms. The van der Waals surface area contributed by atoms with E-state index in [4.69, 9.17) is 0 Å². The molecule has 3 rings (SSSR count). The molecule has 18 heavy (non-hydrogen) atoms. The molecular weight excluding hydrogens is 228 g/mol. The number of fused-ring (bicyclic) bond motifs is 1. The topological polar surface area (TPSA) is 59.0 Å². The number of carbonyl (C=O) groups is 1. The van der Waals surface area contributed by atoms with Gasteiger partial charge in [-0.25, -0.2) is 4.98 Å². The molecule has 1 amide bonds. The van der Waals surface area contributed by atoms with Crippen LogP contribution in [0.5, 0.6) is 0 Å². The third kappa shape index (κ3) is 1.92. The van der Waals surface area contributed by atoms with Gasteiger partial charge in [-0.2, -0.15) is 0 Å². The van der Waals surface area contributed by atoms with Gasteiger partial charge >= 0.3 is 0 Å². The first-order chi connectivity index (χ1) is 8.74. The number of hydrogen-bond acceptors (Lipinski definition) is 3. The number of nitrogens with zero attached hydrogens (tertiary/aromatic N) is 2. The summed E-state index contributed by atoms with van der Waals surface area (Å²) in [5.41, 5.74) is 2.09. The summed E-state index contributed by atoms with van der Waals surface area (Å²) >= 11 is 0. The lowest BCUT2D eigenvalue weighted by molar-refractivity contribution is -0.119. The number of amides is 1. The van der Waals surface area contributed by atoms with Gasteiger partial charge in [0.05, 0.1) is 11.0 Å². The molecule has 1 fully saturated rings. The van der Waals surface area contributed by atoms with Crippen molar-refractivity contribution >= 4 is 22.9 Å². The van der Waals surface area contributed by atoms with Gasteiger partial charge in [-0.15, -0.1) is 0 Å². The third-order valence-electron chi connectivity index (χ3n) is 3.38. The highest BCUT2D eigenvalue weighted by Crippen LogP contribution is 2.17. The van der Waals surface area contributed by atoms with E-state index in [0.29, 0.717) is 6.42 Å². The van der Waals surface area contributed by atoms with Gasteiger partial charge in [0.2, 0.25) is 11.9 Å². The summed E-state index contributed by atoms with van der Waals surface area (Å²) in [7, 11) is 1.99. The van der Waals surface area contributed by atoms with E-state index in [2.05, 4.69) is 15.6 Å². The zero-order valence-electron chi connectivity index (χ0n) is 10.3. The Hall–Kier alpha value is -2.04. The Bertz CT molecular complexity index is 590. The molecule has 1 aliphatic heterocycles. The molecule has 5 heteroatoms. The molecule has 0 radical (unpaired) electrons. The Labute approximate surface area is 105 Å². The molecule has 1 atom stereocenters. The summed E-state index contributed by atoms with van der Waals surface area (Å²) < 4.78 is 2.03. The Morgan fingerprint density at radius 1 is 1.50 bits per heavy atom. The quantitative estimate of drug-likeness (QED) is 0.854. The molecule has 2 aromatic rings. The summed E-state index contributed by atoms with van der Waals surface area (Å²) in [6.07, 6.45) is 1.53. The third-order valence-corrected chi connectivity index (χ3v) is 3.38. The maximum Gasteiger partial charge on any atom is 0.220 e. The first-order valence-electron chi connectivity index (χ1n) is 6.19. The van der Waals surface area contributed by atoms with Crippen LogP contribution in [0, 0.1) is 0 Å². The molecule has 0 aliphatic carbocycles. The Morgan fingerprint density at radius 3 is 3.06 bits per heavy atom. The van der Waals surface area contributed by atoms with E-state index in [-0.39, 0.29) is 11.9 Å². The molecule has 1 unspecified atom stereocenters. The summed E-state index contributed by atoms with van der Waals surface area (Å²) in [4.78, 5) is 15.6. The molecule has 0 saturated carbocycles. The van der Waals surface area contributed by atoms with Gasteiger partial charge in [0.15, 0.2) is 0 Å². The van der Waals surface area contributed by atoms with Crippen molar-refractivity contribution in [3.63, 3.8) is 0 Å². The minimum absolute atomic E-state index is 0.145. The summed E-state index contributed by atoms with van der Waals surface area (Å²) in [6, 6.07) is 8.25. The molecule has 2 N–H and O–H groups in total. The van der Waals surface area contributed by atoms with Gasteiger partial charge in [-0.05, 0) is 18.6 Å². The number of carbonyl (C=O) groups excluding carboxylic acids is 1. The van der Waals surface area contributed by atoms with Crippen LogP contribution in [0.25, 0.3) is 11.0 Å². The Balaban J connectivity index is 1.74. The summed E-state index contributed by atoms with van der Waals surface area (Å²) in [6.45, 7) is 0.725. The van der Waals surface area contributed by atoms with Crippen molar-refractivity contribution in [1.82, 2.24) is 14.9 Å². The highest BCUT2D eigenvalue weighted by Gasteiger charge is 2.20. The first kappa shape index (κ1) is 11.1. The second kappa shape index (κ2) is 4.33. The lowest BCUT2D eigenvalue weighted by Gasteiger charge is -2.11. The molecule has 1 aromatic heterocycles. The number of benzene rings is 1. The van der Waals surface area contributed by atoms with E-state index in [1.165, 1.54) is 0 Å². The molecule has 5 nitrogen and oxygen atoms in total. The molecule has 1 saturated heterocycles. The molecule has 0 spiro atoms. The lowest BCUT2D eigenvalue weighted by Crippen LogP contribution is -2.32. The van der Waals surface area contributed by atoms with Gasteiger partial charge in [0, 0.05) is 26.1 Å². The van der Waals surface area contributed by atoms with Crippen molar-refractivity contribution in [2.24, 2.45) is 7.05 Å². The number of nitrogens with one attached hydrogen (secondary N) is 2. The van der Waals surface area contributed by atoms with Gasteiger partial charge in [-0.3, -0.25) is 4.79 Å². The minimum Gasteiger partial charge on any atom is -0.354 e. The largest absolute Gasteiger partial charge is 0.354 e. The average Bonchev–Trinajstić information content (AvgIpc) is 2.92. The fourth-order valence-corrected chi connectivity index (χ4v) is 2.35. The number of aryl methyl sites for hydroxylation is 1. The molecule has 2 heterocycles. The van der Waals surface area contributed by atoms with Gasteiger partial charge in [0.1, 0.15) is 0 Å². The number of hydrogen-bond donors (Lipinski definition) is 2. The van der Waals surface area contributed by atoms with Crippen LogP contribution in [-0.2, 0) is 11.8 Å². The molecule has 1 aliphatic rings.